The Balaban J connectivity index is 2.11. The van der Waals surface area contributed by atoms with Gasteiger partial charge < -0.3 is 20.9 Å². The molecule has 1 fully saturated rings. The second-order valence-corrected chi connectivity index (χ2v) is 5.98. The summed E-state index contributed by atoms with van der Waals surface area (Å²) in [6.45, 7) is 5.24. The standard InChI is InChI=1S/C15H26N4O2/c1-3-21-9-14-17-12(16)8-13(18-14)19-15(10-20)6-4-11(2)5-7-15/h8,11,20H,3-7,9-10H2,1-2H3,(H3,16,17,18,19). The van der Waals surface area contributed by atoms with Crippen molar-refractivity contribution in [2.45, 2.75) is 51.7 Å². The van der Waals surface area contributed by atoms with E-state index in [4.69, 9.17) is 10.5 Å². The summed E-state index contributed by atoms with van der Waals surface area (Å²) in [7, 11) is 0. The van der Waals surface area contributed by atoms with Crippen molar-refractivity contribution in [3.8, 4) is 0 Å². The number of hydrogen-bond acceptors (Lipinski definition) is 6. The lowest BCUT2D eigenvalue weighted by molar-refractivity contribution is 0.128. The quantitative estimate of drug-likeness (QED) is 0.742. The van der Waals surface area contributed by atoms with E-state index in [9.17, 15) is 5.11 Å². The van der Waals surface area contributed by atoms with Gasteiger partial charge in [0.05, 0.1) is 12.1 Å². The minimum Gasteiger partial charge on any atom is -0.394 e. The molecule has 2 rings (SSSR count). The number of nitrogens with two attached hydrogens (primary N) is 1. The van der Waals surface area contributed by atoms with E-state index in [2.05, 4.69) is 22.2 Å². The highest BCUT2D eigenvalue weighted by atomic mass is 16.5. The van der Waals surface area contributed by atoms with Crippen LogP contribution >= 0.6 is 0 Å². The van der Waals surface area contributed by atoms with E-state index < -0.39 is 0 Å². The fourth-order valence-corrected chi connectivity index (χ4v) is 2.75. The zero-order valence-electron chi connectivity index (χ0n) is 12.9. The van der Waals surface area contributed by atoms with Gasteiger partial charge in [0, 0.05) is 12.7 Å². The Morgan fingerprint density at radius 1 is 1.43 bits per heavy atom. The molecule has 1 aliphatic carbocycles. The van der Waals surface area contributed by atoms with Crippen molar-refractivity contribution in [2.75, 3.05) is 24.3 Å². The molecule has 0 unspecified atom stereocenters. The predicted octanol–water partition coefficient (Wildman–Crippen LogP) is 1.95. The fourth-order valence-electron chi connectivity index (χ4n) is 2.75. The van der Waals surface area contributed by atoms with Gasteiger partial charge in [-0.2, -0.15) is 0 Å². The van der Waals surface area contributed by atoms with Crippen LogP contribution in [-0.4, -0.2) is 33.8 Å². The van der Waals surface area contributed by atoms with Crippen LogP contribution in [0.5, 0.6) is 0 Å². The van der Waals surface area contributed by atoms with Crippen molar-refractivity contribution in [2.24, 2.45) is 5.92 Å². The minimum atomic E-state index is -0.295. The first-order valence-corrected chi connectivity index (χ1v) is 7.67. The summed E-state index contributed by atoms with van der Waals surface area (Å²) in [6, 6.07) is 1.71. The van der Waals surface area contributed by atoms with Gasteiger partial charge in [0.2, 0.25) is 0 Å². The van der Waals surface area contributed by atoms with Crippen molar-refractivity contribution in [1.82, 2.24) is 9.97 Å². The normalized spacial score (nSPS) is 25.8. The number of anilines is 2. The first-order valence-electron chi connectivity index (χ1n) is 7.67. The molecule has 0 aromatic carbocycles. The molecule has 1 aliphatic rings. The molecule has 1 heterocycles. The zero-order valence-corrected chi connectivity index (χ0v) is 12.9. The molecule has 21 heavy (non-hydrogen) atoms. The maximum atomic E-state index is 9.81. The molecular formula is C15H26N4O2. The molecule has 6 nitrogen and oxygen atoms in total. The highest BCUT2D eigenvalue weighted by Crippen LogP contribution is 2.34. The number of rotatable bonds is 6. The zero-order chi connectivity index (χ0) is 15.3. The molecule has 1 aromatic heterocycles. The van der Waals surface area contributed by atoms with E-state index in [0.29, 0.717) is 30.7 Å². The Morgan fingerprint density at radius 2 is 2.14 bits per heavy atom. The number of hydrogen-bond donors (Lipinski definition) is 3. The molecule has 0 aliphatic heterocycles. The molecule has 0 atom stereocenters. The van der Waals surface area contributed by atoms with Crippen LogP contribution in [0.3, 0.4) is 0 Å². The van der Waals surface area contributed by atoms with Gasteiger partial charge in [0.1, 0.15) is 18.2 Å². The lowest BCUT2D eigenvalue weighted by Gasteiger charge is -2.39. The molecule has 0 saturated heterocycles. The number of ether oxygens (including phenoxy) is 1. The van der Waals surface area contributed by atoms with Gasteiger partial charge in [-0.1, -0.05) is 6.92 Å². The van der Waals surface area contributed by atoms with Crippen molar-refractivity contribution in [1.29, 1.82) is 0 Å². The molecule has 0 bridgehead atoms. The van der Waals surface area contributed by atoms with Gasteiger partial charge in [-0.25, -0.2) is 9.97 Å². The van der Waals surface area contributed by atoms with Crippen molar-refractivity contribution >= 4 is 11.6 Å². The number of aliphatic hydroxyl groups excluding tert-OH is 1. The van der Waals surface area contributed by atoms with Gasteiger partial charge in [-0.3, -0.25) is 0 Å². The summed E-state index contributed by atoms with van der Waals surface area (Å²) < 4.78 is 5.33. The van der Waals surface area contributed by atoms with Crippen LogP contribution in [0.4, 0.5) is 11.6 Å². The molecule has 1 saturated carbocycles. The molecule has 1 aromatic rings. The summed E-state index contributed by atoms with van der Waals surface area (Å²) >= 11 is 0. The maximum absolute atomic E-state index is 9.81. The van der Waals surface area contributed by atoms with Crippen molar-refractivity contribution in [3.05, 3.63) is 11.9 Å². The fraction of sp³-hybridized carbons (Fsp3) is 0.733. The van der Waals surface area contributed by atoms with E-state index >= 15 is 0 Å². The number of aromatic nitrogens is 2. The first-order chi connectivity index (χ1) is 10.1. The predicted molar refractivity (Wildman–Crippen MR) is 82.8 cm³/mol. The van der Waals surface area contributed by atoms with Crippen LogP contribution in [0.25, 0.3) is 0 Å². The van der Waals surface area contributed by atoms with Crippen molar-refractivity contribution in [3.63, 3.8) is 0 Å². The summed E-state index contributed by atoms with van der Waals surface area (Å²) in [5.41, 5.74) is 5.54. The van der Waals surface area contributed by atoms with Gasteiger partial charge >= 0.3 is 0 Å². The molecule has 0 amide bonds. The second-order valence-electron chi connectivity index (χ2n) is 5.98. The second kappa shape index (κ2) is 7.04. The molecule has 0 radical (unpaired) electrons. The number of aliphatic hydroxyl groups is 1. The molecular weight excluding hydrogens is 268 g/mol. The number of nitrogens with one attached hydrogen (secondary N) is 1. The third-order valence-corrected chi connectivity index (χ3v) is 4.15. The van der Waals surface area contributed by atoms with Crippen LogP contribution in [0.15, 0.2) is 6.07 Å². The SMILES string of the molecule is CCOCc1nc(N)cc(NC2(CO)CCC(C)CC2)n1. The average Bonchev–Trinajstić information content (AvgIpc) is 2.47. The van der Waals surface area contributed by atoms with E-state index in [1.165, 1.54) is 0 Å². The van der Waals surface area contributed by atoms with E-state index in [0.717, 1.165) is 31.6 Å². The first kappa shape index (κ1) is 16.0. The Labute approximate surface area is 126 Å². The van der Waals surface area contributed by atoms with Gasteiger partial charge in [0.25, 0.3) is 0 Å². The van der Waals surface area contributed by atoms with Crippen LogP contribution in [0, 0.1) is 5.92 Å². The Bertz CT molecular complexity index is 459. The molecule has 4 N–H and O–H groups in total. The largest absolute Gasteiger partial charge is 0.394 e. The smallest absolute Gasteiger partial charge is 0.158 e. The lowest BCUT2D eigenvalue weighted by atomic mass is 9.77. The highest BCUT2D eigenvalue weighted by molar-refractivity contribution is 5.46. The summed E-state index contributed by atoms with van der Waals surface area (Å²) in [6.07, 6.45) is 4.10. The van der Waals surface area contributed by atoms with Crippen LogP contribution < -0.4 is 11.1 Å². The highest BCUT2D eigenvalue weighted by Gasteiger charge is 2.34. The van der Waals surface area contributed by atoms with Gasteiger partial charge in [-0.15, -0.1) is 0 Å². The Morgan fingerprint density at radius 3 is 2.76 bits per heavy atom. The lowest BCUT2D eigenvalue weighted by Crippen LogP contribution is -2.45. The molecule has 0 spiro atoms. The van der Waals surface area contributed by atoms with Crippen LogP contribution in [0.2, 0.25) is 0 Å². The molecule has 6 heteroatoms. The van der Waals surface area contributed by atoms with Gasteiger partial charge in [0.15, 0.2) is 5.82 Å². The van der Waals surface area contributed by atoms with E-state index in [1.807, 2.05) is 6.92 Å². The minimum absolute atomic E-state index is 0.102. The third-order valence-electron chi connectivity index (χ3n) is 4.15. The Hall–Kier alpha value is -1.40. The summed E-state index contributed by atoms with van der Waals surface area (Å²) in [5, 5.41) is 13.2. The number of nitrogen functional groups attached to an aromatic ring is 1. The van der Waals surface area contributed by atoms with Gasteiger partial charge in [-0.05, 0) is 38.5 Å². The van der Waals surface area contributed by atoms with Crippen molar-refractivity contribution < 1.29 is 9.84 Å². The Kier molecular flexibility index (Phi) is 5.36. The van der Waals surface area contributed by atoms with Crippen LogP contribution in [-0.2, 0) is 11.3 Å². The summed E-state index contributed by atoms with van der Waals surface area (Å²) in [5.74, 6) is 2.37. The average molecular weight is 294 g/mol. The van der Waals surface area contributed by atoms with E-state index in [1.54, 1.807) is 6.07 Å². The monoisotopic (exact) mass is 294 g/mol. The maximum Gasteiger partial charge on any atom is 0.158 e. The van der Waals surface area contributed by atoms with Crippen LogP contribution in [0.1, 0.15) is 45.4 Å². The number of nitrogens with zero attached hydrogens (tertiary/aromatic N) is 2. The molecule has 118 valence electrons. The topological polar surface area (TPSA) is 93.3 Å². The van der Waals surface area contributed by atoms with E-state index in [-0.39, 0.29) is 12.1 Å². The summed E-state index contributed by atoms with van der Waals surface area (Å²) in [4.78, 5) is 8.60. The third kappa shape index (κ3) is 4.28.